The van der Waals surface area contributed by atoms with E-state index >= 15 is 0 Å². The summed E-state index contributed by atoms with van der Waals surface area (Å²) >= 11 is 5.55. The monoisotopic (exact) mass is 271 g/mol. The van der Waals surface area contributed by atoms with Gasteiger partial charge < -0.3 is 5.32 Å². The van der Waals surface area contributed by atoms with Gasteiger partial charge >= 0.3 is 6.18 Å². The Labute approximate surface area is 104 Å². The van der Waals surface area contributed by atoms with Crippen molar-refractivity contribution in [1.82, 2.24) is 5.32 Å². The molecule has 1 rings (SSSR count). The molecule has 0 radical (unpaired) electrons. The summed E-state index contributed by atoms with van der Waals surface area (Å²) in [6.07, 6.45) is -3.39. The molecule has 1 N–H and O–H groups in total. The van der Waals surface area contributed by atoms with Crippen molar-refractivity contribution in [3.63, 3.8) is 0 Å². The zero-order chi connectivity index (χ0) is 13.1. The average Bonchev–Trinajstić information content (AvgIpc) is 2.27. The van der Waals surface area contributed by atoms with Gasteiger partial charge in [-0.05, 0) is 32.6 Å². The average molecular weight is 272 g/mol. The van der Waals surface area contributed by atoms with Crippen LogP contribution in [0.2, 0.25) is 0 Å². The number of rotatable bonds is 3. The number of hydrogen-bond acceptors (Lipinski definition) is 1. The van der Waals surface area contributed by atoms with Crippen molar-refractivity contribution in [3.05, 3.63) is 0 Å². The van der Waals surface area contributed by atoms with E-state index in [0.717, 1.165) is 0 Å². The molecule has 0 aromatic heterocycles. The van der Waals surface area contributed by atoms with Crippen molar-refractivity contribution >= 4 is 17.5 Å². The third-order valence-corrected chi connectivity index (χ3v) is 3.64. The van der Waals surface area contributed by atoms with Crippen molar-refractivity contribution < 1.29 is 18.0 Å². The third-order valence-electron chi connectivity index (χ3n) is 3.18. The molecule has 17 heavy (non-hydrogen) atoms. The van der Waals surface area contributed by atoms with Crippen LogP contribution in [0.4, 0.5) is 13.2 Å². The minimum absolute atomic E-state index is 0.0524. The quantitative estimate of drug-likeness (QED) is 0.785. The number of nitrogens with one attached hydrogen (secondary N) is 1. The first-order valence-electron chi connectivity index (χ1n) is 5.77. The predicted molar refractivity (Wildman–Crippen MR) is 59.8 cm³/mol. The fourth-order valence-corrected chi connectivity index (χ4v) is 2.16. The van der Waals surface area contributed by atoms with E-state index in [2.05, 4.69) is 5.32 Å². The molecule has 0 aromatic carbocycles. The second-order valence-corrected chi connectivity index (χ2v) is 4.96. The molecule has 0 spiro atoms. The summed E-state index contributed by atoms with van der Waals surface area (Å²) in [5, 5.41) is 2.70. The highest BCUT2D eigenvalue weighted by Crippen LogP contribution is 2.39. The largest absolute Gasteiger partial charge is 0.391 e. The molecular weight excluding hydrogens is 255 g/mol. The highest BCUT2D eigenvalue weighted by atomic mass is 35.5. The van der Waals surface area contributed by atoms with E-state index in [4.69, 9.17) is 11.6 Å². The van der Waals surface area contributed by atoms with Gasteiger partial charge in [0.15, 0.2) is 0 Å². The lowest BCUT2D eigenvalue weighted by Crippen LogP contribution is -2.40. The maximum absolute atomic E-state index is 12.4. The van der Waals surface area contributed by atoms with Crippen LogP contribution in [0, 0.1) is 11.8 Å². The summed E-state index contributed by atoms with van der Waals surface area (Å²) in [4.78, 5) is 11.7. The summed E-state index contributed by atoms with van der Waals surface area (Å²) in [5.41, 5.74) is 0. The van der Waals surface area contributed by atoms with E-state index in [1.807, 2.05) is 0 Å². The normalized spacial score (nSPS) is 27.6. The van der Waals surface area contributed by atoms with E-state index in [-0.39, 0.29) is 30.7 Å². The molecule has 1 fully saturated rings. The maximum atomic E-state index is 12.4. The van der Waals surface area contributed by atoms with Crippen LogP contribution in [0.1, 0.15) is 32.6 Å². The smallest absolute Gasteiger partial charge is 0.352 e. The van der Waals surface area contributed by atoms with Gasteiger partial charge in [-0.2, -0.15) is 13.2 Å². The van der Waals surface area contributed by atoms with Gasteiger partial charge in [-0.25, -0.2) is 0 Å². The predicted octanol–water partition coefficient (Wildman–Crippen LogP) is 3.10. The van der Waals surface area contributed by atoms with Gasteiger partial charge in [-0.3, -0.25) is 4.79 Å². The van der Waals surface area contributed by atoms with E-state index < -0.39 is 12.1 Å². The number of alkyl halides is 4. The topological polar surface area (TPSA) is 29.1 Å². The van der Waals surface area contributed by atoms with Gasteiger partial charge in [0.25, 0.3) is 0 Å². The van der Waals surface area contributed by atoms with E-state index in [1.165, 1.54) is 0 Å². The van der Waals surface area contributed by atoms with Crippen molar-refractivity contribution in [2.24, 2.45) is 11.8 Å². The van der Waals surface area contributed by atoms with Gasteiger partial charge in [0, 0.05) is 17.8 Å². The Morgan fingerprint density at radius 2 is 1.88 bits per heavy atom. The molecule has 0 bridgehead atoms. The van der Waals surface area contributed by atoms with Crippen molar-refractivity contribution in [2.75, 3.05) is 5.88 Å². The molecule has 1 saturated carbocycles. The number of carbonyl (C=O) groups is 1. The van der Waals surface area contributed by atoms with Gasteiger partial charge in [0.1, 0.15) is 0 Å². The number of carbonyl (C=O) groups excluding carboxylic acids is 1. The van der Waals surface area contributed by atoms with E-state index in [0.29, 0.717) is 18.7 Å². The molecule has 1 atom stereocenters. The first-order valence-corrected chi connectivity index (χ1v) is 6.31. The zero-order valence-electron chi connectivity index (χ0n) is 9.69. The molecule has 0 aliphatic heterocycles. The Hall–Kier alpha value is -0.450. The highest BCUT2D eigenvalue weighted by Gasteiger charge is 2.42. The highest BCUT2D eigenvalue weighted by molar-refractivity contribution is 6.18. The van der Waals surface area contributed by atoms with Gasteiger partial charge in [-0.1, -0.05) is 0 Å². The fourth-order valence-electron chi connectivity index (χ4n) is 2.08. The Kier molecular flexibility index (Phi) is 5.10. The summed E-state index contributed by atoms with van der Waals surface area (Å²) in [5.74, 6) is -1.39. The molecule has 1 amide bonds. The Morgan fingerprint density at radius 1 is 1.35 bits per heavy atom. The van der Waals surface area contributed by atoms with Crippen LogP contribution in [-0.4, -0.2) is 24.0 Å². The van der Waals surface area contributed by atoms with Crippen molar-refractivity contribution in [2.45, 2.75) is 44.8 Å². The summed E-state index contributed by atoms with van der Waals surface area (Å²) in [7, 11) is 0. The van der Waals surface area contributed by atoms with E-state index in [9.17, 15) is 18.0 Å². The number of halogens is 4. The van der Waals surface area contributed by atoms with Crippen LogP contribution in [-0.2, 0) is 4.79 Å². The van der Waals surface area contributed by atoms with Crippen LogP contribution in [0.25, 0.3) is 0 Å². The third kappa shape index (κ3) is 4.37. The van der Waals surface area contributed by atoms with Crippen LogP contribution in [0.3, 0.4) is 0 Å². The first kappa shape index (κ1) is 14.6. The molecule has 100 valence electrons. The molecule has 1 aliphatic carbocycles. The fraction of sp³-hybridized carbons (Fsp3) is 0.909. The van der Waals surface area contributed by atoms with Crippen LogP contribution in [0.15, 0.2) is 0 Å². The lowest BCUT2D eigenvalue weighted by Gasteiger charge is -2.29. The summed E-state index contributed by atoms with van der Waals surface area (Å²) in [6, 6.07) is -0.135. The van der Waals surface area contributed by atoms with Crippen LogP contribution >= 0.6 is 11.6 Å². The summed E-state index contributed by atoms with van der Waals surface area (Å²) in [6.45, 7) is 1.77. The van der Waals surface area contributed by atoms with Crippen molar-refractivity contribution in [1.29, 1.82) is 0 Å². The van der Waals surface area contributed by atoms with Gasteiger partial charge in [-0.15, -0.1) is 11.6 Å². The molecule has 6 heteroatoms. The SMILES string of the molecule is CC(CCl)NC(=O)C1CCC(C(F)(F)F)CC1. The number of hydrogen-bond donors (Lipinski definition) is 1. The molecule has 0 heterocycles. The lowest BCUT2D eigenvalue weighted by atomic mass is 9.81. The van der Waals surface area contributed by atoms with E-state index in [1.54, 1.807) is 6.92 Å². The molecule has 1 aliphatic rings. The van der Waals surface area contributed by atoms with Crippen LogP contribution < -0.4 is 5.32 Å². The molecular formula is C11H17ClF3NO. The molecule has 1 unspecified atom stereocenters. The molecule has 2 nitrogen and oxygen atoms in total. The lowest BCUT2D eigenvalue weighted by molar-refractivity contribution is -0.184. The second-order valence-electron chi connectivity index (χ2n) is 4.65. The molecule has 0 saturated heterocycles. The summed E-state index contributed by atoms with van der Waals surface area (Å²) < 4.78 is 37.2. The first-order chi connectivity index (χ1) is 7.84. The number of amides is 1. The Balaban J connectivity index is 2.39. The van der Waals surface area contributed by atoms with Gasteiger partial charge in [0.2, 0.25) is 5.91 Å². The van der Waals surface area contributed by atoms with Crippen LogP contribution in [0.5, 0.6) is 0 Å². The molecule has 0 aromatic rings. The Bertz CT molecular complexity index is 262. The standard InChI is InChI=1S/C11H17ClF3NO/c1-7(6-12)16-10(17)8-2-4-9(5-3-8)11(13,14)15/h7-9H,2-6H2,1H3,(H,16,17). The Morgan fingerprint density at radius 3 is 2.29 bits per heavy atom. The zero-order valence-corrected chi connectivity index (χ0v) is 10.4. The second kappa shape index (κ2) is 5.94. The maximum Gasteiger partial charge on any atom is 0.391 e. The van der Waals surface area contributed by atoms with Crippen molar-refractivity contribution in [3.8, 4) is 0 Å². The van der Waals surface area contributed by atoms with Gasteiger partial charge in [0.05, 0.1) is 5.92 Å². The minimum Gasteiger partial charge on any atom is -0.352 e. The minimum atomic E-state index is -4.12.